The van der Waals surface area contributed by atoms with Gasteiger partial charge in [-0.3, -0.25) is 0 Å². The van der Waals surface area contributed by atoms with E-state index in [1.54, 1.807) is 12.1 Å². The quantitative estimate of drug-likeness (QED) is 0.731. The van der Waals surface area contributed by atoms with Crippen LogP contribution in [0.3, 0.4) is 0 Å². The first kappa shape index (κ1) is 18.9. The molecule has 0 spiro atoms. The molecule has 0 aliphatic carbocycles. The number of carbonyl (C=O) groups is 1. The highest BCUT2D eigenvalue weighted by molar-refractivity contribution is 5.97. The van der Waals surface area contributed by atoms with Crippen LogP contribution in [0.5, 0.6) is 0 Å². The fourth-order valence-electron chi connectivity index (χ4n) is 2.60. The van der Waals surface area contributed by atoms with Gasteiger partial charge in [0.25, 0.3) is 0 Å². The maximum Gasteiger partial charge on any atom is 0.416 e. The molecule has 0 saturated carbocycles. The molecule has 4 nitrogen and oxygen atoms in total. The largest absolute Gasteiger partial charge is 0.475 e. The highest BCUT2D eigenvalue weighted by Gasteiger charge is 2.30. The fourth-order valence-corrected chi connectivity index (χ4v) is 2.60. The summed E-state index contributed by atoms with van der Waals surface area (Å²) < 4.78 is 48.7. The smallest absolute Gasteiger partial charge is 0.416 e. The zero-order valence-corrected chi connectivity index (χ0v) is 14.8. The predicted octanol–water partition coefficient (Wildman–Crippen LogP) is 4.62. The van der Waals surface area contributed by atoms with Gasteiger partial charge in [-0.25, -0.2) is 9.79 Å². The molecule has 27 heavy (non-hydrogen) atoms. The van der Waals surface area contributed by atoms with Gasteiger partial charge < -0.3 is 9.47 Å². The van der Waals surface area contributed by atoms with Crippen LogP contribution in [0.1, 0.15) is 40.9 Å². The van der Waals surface area contributed by atoms with E-state index in [2.05, 4.69) is 4.99 Å². The molecule has 0 aromatic heterocycles. The average Bonchev–Trinajstić information content (AvgIpc) is 2.99. The normalized spacial score (nSPS) is 15.8. The minimum atomic E-state index is -4.45. The lowest BCUT2D eigenvalue weighted by molar-refractivity contribution is -0.137. The Bertz CT molecular complexity index is 871. The van der Waals surface area contributed by atoms with Crippen LogP contribution < -0.4 is 0 Å². The first-order valence-corrected chi connectivity index (χ1v) is 8.31. The van der Waals surface area contributed by atoms with Gasteiger partial charge in [0.05, 0.1) is 16.7 Å². The molecule has 0 fully saturated rings. The SMILES string of the molecule is CC1(C)COC(c2ccccc2COC(=O)c2ccc(C(F)(F)F)cc2)=N1. The van der Waals surface area contributed by atoms with Gasteiger partial charge in [0, 0.05) is 11.1 Å². The lowest BCUT2D eigenvalue weighted by Crippen LogP contribution is -2.17. The van der Waals surface area contributed by atoms with Crippen molar-refractivity contribution in [3.8, 4) is 0 Å². The molecule has 0 N–H and O–H groups in total. The molecule has 0 bridgehead atoms. The van der Waals surface area contributed by atoms with E-state index in [1.807, 2.05) is 26.0 Å². The summed E-state index contributed by atoms with van der Waals surface area (Å²) >= 11 is 0. The summed E-state index contributed by atoms with van der Waals surface area (Å²) in [6.45, 7) is 4.32. The van der Waals surface area contributed by atoms with Gasteiger partial charge in [-0.2, -0.15) is 13.2 Å². The fraction of sp³-hybridized carbons (Fsp3) is 0.300. The van der Waals surface area contributed by atoms with Crippen LogP contribution in [-0.4, -0.2) is 24.0 Å². The minimum Gasteiger partial charge on any atom is -0.475 e. The molecule has 1 heterocycles. The third-order valence-corrected chi connectivity index (χ3v) is 4.02. The Hall–Kier alpha value is -2.83. The second-order valence-corrected chi connectivity index (χ2v) is 6.83. The van der Waals surface area contributed by atoms with Crippen molar-refractivity contribution in [2.75, 3.05) is 6.61 Å². The van der Waals surface area contributed by atoms with Crippen LogP contribution in [0.4, 0.5) is 13.2 Å². The number of halogens is 3. The highest BCUT2D eigenvalue weighted by Crippen LogP contribution is 2.29. The molecular weight excluding hydrogens is 359 g/mol. The number of nitrogens with zero attached hydrogens (tertiary/aromatic N) is 1. The molecule has 0 radical (unpaired) electrons. The highest BCUT2D eigenvalue weighted by atomic mass is 19.4. The summed E-state index contributed by atoms with van der Waals surface area (Å²) in [4.78, 5) is 16.7. The van der Waals surface area contributed by atoms with Crippen molar-refractivity contribution in [2.24, 2.45) is 4.99 Å². The van der Waals surface area contributed by atoms with E-state index in [-0.39, 0.29) is 17.7 Å². The van der Waals surface area contributed by atoms with Crippen LogP contribution in [0.2, 0.25) is 0 Å². The Balaban J connectivity index is 1.71. The number of hydrogen-bond donors (Lipinski definition) is 0. The van der Waals surface area contributed by atoms with E-state index in [4.69, 9.17) is 9.47 Å². The molecule has 3 rings (SSSR count). The van der Waals surface area contributed by atoms with Crippen molar-refractivity contribution < 1.29 is 27.4 Å². The molecule has 0 atom stereocenters. The predicted molar refractivity (Wildman–Crippen MR) is 93.6 cm³/mol. The summed E-state index contributed by atoms with van der Waals surface area (Å²) in [5.74, 6) is -0.214. The van der Waals surface area contributed by atoms with Crippen molar-refractivity contribution in [3.63, 3.8) is 0 Å². The Labute approximate surface area is 154 Å². The van der Waals surface area contributed by atoms with Crippen LogP contribution in [0.15, 0.2) is 53.5 Å². The van der Waals surface area contributed by atoms with Crippen molar-refractivity contribution in [2.45, 2.75) is 32.2 Å². The van der Waals surface area contributed by atoms with Gasteiger partial charge in [-0.15, -0.1) is 0 Å². The topological polar surface area (TPSA) is 47.9 Å². The van der Waals surface area contributed by atoms with Gasteiger partial charge in [-0.1, -0.05) is 18.2 Å². The summed E-state index contributed by atoms with van der Waals surface area (Å²) in [7, 11) is 0. The molecule has 7 heteroatoms. The Morgan fingerprint density at radius 3 is 2.41 bits per heavy atom. The maximum absolute atomic E-state index is 12.6. The van der Waals surface area contributed by atoms with Crippen LogP contribution >= 0.6 is 0 Å². The van der Waals surface area contributed by atoms with Gasteiger partial charge >= 0.3 is 12.1 Å². The molecule has 2 aromatic rings. The molecule has 0 amide bonds. The minimum absolute atomic E-state index is 0.0428. The summed E-state index contributed by atoms with van der Waals surface area (Å²) in [6.07, 6.45) is -4.45. The van der Waals surface area contributed by atoms with E-state index >= 15 is 0 Å². The first-order valence-electron chi connectivity index (χ1n) is 8.31. The van der Waals surface area contributed by atoms with Crippen molar-refractivity contribution >= 4 is 11.9 Å². The number of carbonyl (C=O) groups excluding carboxylic acids is 1. The standard InChI is InChI=1S/C20H18F3NO3/c1-19(2)12-27-17(24-19)16-6-4-3-5-14(16)11-26-18(25)13-7-9-15(10-8-13)20(21,22)23/h3-10H,11-12H2,1-2H3. The first-order chi connectivity index (χ1) is 12.7. The Morgan fingerprint density at radius 2 is 1.81 bits per heavy atom. The summed E-state index contributed by atoms with van der Waals surface area (Å²) in [6, 6.07) is 11.1. The zero-order chi connectivity index (χ0) is 19.7. The van der Waals surface area contributed by atoms with E-state index in [1.165, 1.54) is 0 Å². The van der Waals surface area contributed by atoms with E-state index in [0.717, 1.165) is 29.8 Å². The van der Waals surface area contributed by atoms with Crippen molar-refractivity contribution in [1.82, 2.24) is 0 Å². The van der Waals surface area contributed by atoms with Crippen LogP contribution in [0, 0.1) is 0 Å². The number of alkyl halides is 3. The molecule has 0 unspecified atom stereocenters. The monoisotopic (exact) mass is 377 g/mol. The van der Waals surface area contributed by atoms with Gasteiger partial charge in [0.2, 0.25) is 5.90 Å². The van der Waals surface area contributed by atoms with E-state index in [9.17, 15) is 18.0 Å². The molecule has 0 saturated heterocycles. The summed E-state index contributed by atoms with van der Waals surface area (Å²) in [5.41, 5.74) is 0.344. The number of hydrogen-bond acceptors (Lipinski definition) is 4. The van der Waals surface area contributed by atoms with Gasteiger partial charge in [0.15, 0.2) is 0 Å². The lowest BCUT2D eigenvalue weighted by Gasteiger charge is -2.11. The third kappa shape index (κ3) is 4.48. The second kappa shape index (κ2) is 7.06. The third-order valence-electron chi connectivity index (χ3n) is 4.02. The number of ether oxygens (including phenoxy) is 2. The molecule has 1 aliphatic rings. The molecular formula is C20H18F3NO3. The molecule has 1 aliphatic heterocycles. The number of rotatable bonds is 4. The Kier molecular flexibility index (Phi) is 4.95. The maximum atomic E-state index is 12.6. The Morgan fingerprint density at radius 1 is 1.15 bits per heavy atom. The van der Waals surface area contributed by atoms with Gasteiger partial charge in [0.1, 0.15) is 13.2 Å². The molecule has 142 valence electrons. The number of benzene rings is 2. The lowest BCUT2D eigenvalue weighted by atomic mass is 10.1. The molecule has 2 aromatic carbocycles. The number of esters is 1. The average molecular weight is 377 g/mol. The van der Waals surface area contributed by atoms with E-state index in [0.29, 0.717) is 18.1 Å². The summed E-state index contributed by atoms with van der Waals surface area (Å²) in [5, 5.41) is 0. The van der Waals surface area contributed by atoms with E-state index < -0.39 is 17.7 Å². The van der Waals surface area contributed by atoms with Gasteiger partial charge in [-0.05, 0) is 44.2 Å². The van der Waals surface area contributed by atoms with Crippen molar-refractivity contribution in [3.05, 3.63) is 70.8 Å². The van der Waals surface area contributed by atoms with Crippen molar-refractivity contribution in [1.29, 1.82) is 0 Å². The van der Waals surface area contributed by atoms with Crippen LogP contribution in [0.25, 0.3) is 0 Å². The zero-order valence-electron chi connectivity index (χ0n) is 14.8. The second-order valence-electron chi connectivity index (χ2n) is 6.83. The van der Waals surface area contributed by atoms with Crippen LogP contribution in [-0.2, 0) is 22.3 Å². The number of aliphatic imine (C=N–C) groups is 1.